The van der Waals surface area contributed by atoms with E-state index in [2.05, 4.69) is 9.97 Å². The molecule has 1 heterocycles. The van der Waals surface area contributed by atoms with Crippen molar-refractivity contribution in [3.8, 4) is 0 Å². The average molecular weight is 242 g/mol. The predicted molar refractivity (Wildman–Crippen MR) is 63.9 cm³/mol. The molecule has 0 saturated heterocycles. The first-order chi connectivity index (χ1) is 7.77. The number of halogens is 1. The molecule has 0 N–H and O–H groups in total. The molecule has 4 nitrogen and oxygen atoms in total. The Hall–Kier alpha value is -0.870. The van der Waals surface area contributed by atoms with Gasteiger partial charge in [-0.05, 0) is 18.8 Å². The molecule has 2 rings (SSSR count). The number of anilines is 1. The summed E-state index contributed by atoms with van der Waals surface area (Å²) in [6.45, 7) is 2.38. The van der Waals surface area contributed by atoms with Crippen LogP contribution in [0.5, 0.6) is 0 Å². The van der Waals surface area contributed by atoms with E-state index in [1.54, 1.807) is 12.4 Å². The fourth-order valence-corrected chi connectivity index (χ4v) is 1.66. The van der Waals surface area contributed by atoms with Gasteiger partial charge < -0.3 is 9.64 Å². The summed E-state index contributed by atoms with van der Waals surface area (Å²) in [5, 5.41) is 0.437. The molecule has 16 heavy (non-hydrogen) atoms. The summed E-state index contributed by atoms with van der Waals surface area (Å²) in [6, 6.07) is 0. The Morgan fingerprint density at radius 1 is 1.44 bits per heavy atom. The zero-order valence-electron chi connectivity index (χ0n) is 9.40. The van der Waals surface area contributed by atoms with Gasteiger partial charge in [-0.2, -0.15) is 0 Å². The Morgan fingerprint density at radius 3 is 2.88 bits per heavy atom. The van der Waals surface area contributed by atoms with E-state index in [9.17, 15) is 0 Å². The van der Waals surface area contributed by atoms with Gasteiger partial charge in [0.15, 0.2) is 11.0 Å². The zero-order valence-corrected chi connectivity index (χ0v) is 10.2. The first-order valence-electron chi connectivity index (χ1n) is 5.53. The van der Waals surface area contributed by atoms with Crippen molar-refractivity contribution in [1.82, 2.24) is 9.97 Å². The van der Waals surface area contributed by atoms with Crippen molar-refractivity contribution in [2.24, 2.45) is 5.92 Å². The van der Waals surface area contributed by atoms with Crippen molar-refractivity contribution in [3.05, 3.63) is 17.5 Å². The highest BCUT2D eigenvalue weighted by Gasteiger charge is 2.21. The van der Waals surface area contributed by atoms with Gasteiger partial charge in [0, 0.05) is 32.6 Å². The van der Waals surface area contributed by atoms with Crippen LogP contribution in [-0.2, 0) is 4.74 Å². The average Bonchev–Trinajstić information content (AvgIpc) is 3.08. The molecule has 0 amide bonds. The summed E-state index contributed by atoms with van der Waals surface area (Å²) in [6.07, 6.45) is 5.88. The van der Waals surface area contributed by atoms with Crippen LogP contribution in [0.15, 0.2) is 12.4 Å². The van der Waals surface area contributed by atoms with Crippen LogP contribution in [0, 0.1) is 5.92 Å². The highest BCUT2D eigenvalue weighted by molar-refractivity contribution is 6.31. The normalized spacial score (nSPS) is 15.1. The summed E-state index contributed by atoms with van der Waals surface area (Å²) in [7, 11) is 1.94. The van der Waals surface area contributed by atoms with Crippen LogP contribution in [0.1, 0.15) is 12.8 Å². The van der Waals surface area contributed by atoms with E-state index in [0.717, 1.165) is 19.1 Å². The molecule has 88 valence electrons. The van der Waals surface area contributed by atoms with Gasteiger partial charge in [0.05, 0.1) is 6.61 Å². The number of hydrogen-bond acceptors (Lipinski definition) is 4. The van der Waals surface area contributed by atoms with Gasteiger partial charge in [-0.3, -0.25) is 0 Å². The SMILES string of the molecule is CN(CCOCC1CC1)c1nccnc1Cl. The zero-order chi connectivity index (χ0) is 11.4. The largest absolute Gasteiger partial charge is 0.379 e. The van der Waals surface area contributed by atoms with Crippen LogP contribution in [0.4, 0.5) is 5.82 Å². The van der Waals surface area contributed by atoms with Crippen LogP contribution in [0.2, 0.25) is 5.15 Å². The lowest BCUT2D eigenvalue weighted by molar-refractivity contribution is 0.131. The second kappa shape index (κ2) is 5.46. The van der Waals surface area contributed by atoms with Gasteiger partial charge in [-0.15, -0.1) is 0 Å². The Balaban J connectivity index is 1.73. The number of ether oxygens (including phenoxy) is 1. The van der Waals surface area contributed by atoms with Crippen LogP contribution in [0.25, 0.3) is 0 Å². The van der Waals surface area contributed by atoms with Crippen LogP contribution in [-0.4, -0.2) is 36.8 Å². The van der Waals surface area contributed by atoms with Crippen molar-refractivity contribution in [2.45, 2.75) is 12.8 Å². The minimum atomic E-state index is 0.437. The van der Waals surface area contributed by atoms with Crippen molar-refractivity contribution < 1.29 is 4.74 Å². The van der Waals surface area contributed by atoms with E-state index < -0.39 is 0 Å². The minimum Gasteiger partial charge on any atom is -0.379 e. The first kappa shape index (κ1) is 11.6. The molecule has 1 fully saturated rings. The standard InChI is InChI=1S/C11H16ClN3O/c1-15(6-7-16-8-9-2-3-9)11-10(12)13-4-5-14-11/h4-5,9H,2-3,6-8H2,1H3. The maximum atomic E-state index is 5.94. The van der Waals surface area contributed by atoms with Gasteiger partial charge in [-0.1, -0.05) is 11.6 Å². The molecule has 1 aromatic heterocycles. The third kappa shape index (κ3) is 3.32. The minimum absolute atomic E-state index is 0.437. The number of nitrogens with zero attached hydrogens (tertiary/aromatic N) is 3. The van der Waals surface area contributed by atoms with Crippen LogP contribution < -0.4 is 4.90 Å². The number of hydrogen-bond donors (Lipinski definition) is 0. The molecule has 1 saturated carbocycles. The van der Waals surface area contributed by atoms with E-state index >= 15 is 0 Å². The molecule has 0 radical (unpaired) electrons. The highest BCUT2D eigenvalue weighted by atomic mass is 35.5. The molecule has 0 aliphatic heterocycles. The van der Waals surface area contributed by atoms with Gasteiger partial charge >= 0.3 is 0 Å². The highest BCUT2D eigenvalue weighted by Crippen LogP contribution is 2.28. The molecule has 1 aliphatic carbocycles. The molecule has 1 aromatic rings. The Labute approximate surface area is 101 Å². The summed E-state index contributed by atoms with van der Waals surface area (Å²) in [5.41, 5.74) is 0. The molecule has 5 heteroatoms. The number of aromatic nitrogens is 2. The molecule has 0 bridgehead atoms. The first-order valence-corrected chi connectivity index (χ1v) is 5.90. The fourth-order valence-electron chi connectivity index (χ4n) is 1.41. The van der Waals surface area contributed by atoms with Crippen molar-refractivity contribution in [2.75, 3.05) is 31.7 Å². The molecule has 1 aliphatic rings. The number of rotatable bonds is 6. The van der Waals surface area contributed by atoms with Gasteiger partial charge in [0.2, 0.25) is 0 Å². The van der Waals surface area contributed by atoms with Crippen molar-refractivity contribution in [1.29, 1.82) is 0 Å². The topological polar surface area (TPSA) is 38.2 Å². The predicted octanol–water partition coefficient (Wildman–Crippen LogP) is 1.99. The van der Waals surface area contributed by atoms with E-state index in [-0.39, 0.29) is 0 Å². The summed E-state index contributed by atoms with van der Waals surface area (Å²) in [5.74, 6) is 1.52. The van der Waals surface area contributed by atoms with Crippen molar-refractivity contribution >= 4 is 17.4 Å². The smallest absolute Gasteiger partial charge is 0.171 e. The quantitative estimate of drug-likeness (QED) is 0.714. The van der Waals surface area contributed by atoms with Crippen LogP contribution in [0.3, 0.4) is 0 Å². The van der Waals surface area contributed by atoms with Gasteiger partial charge in [0.25, 0.3) is 0 Å². The monoisotopic (exact) mass is 241 g/mol. The summed E-state index contributed by atoms with van der Waals surface area (Å²) >= 11 is 5.94. The van der Waals surface area contributed by atoms with E-state index in [1.807, 2.05) is 11.9 Å². The van der Waals surface area contributed by atoms with Gasteiger partial charge in [0.1, 0.15) is 0 Å². The lowest BCUT2D eigenvalue weighted by Gasteiger charge is -2.18. The Morgan fingerprint density at radius 2 is 2.19 bits per heavy atom. The van der Waals surface area contributed by atoms with E-state index in [4.69, 9.17) is 16.3 Å². The Kier molecular flexibility index (Phi) is 3.96. The second-order valence-corrected chi connectivity index (χ2v) is 4.47. The van der Waals surface area contributed by atoms with Crippen LogP contribution >= 0.6 is 11.6 Å². The summed E-state index contributed by atoms with van der Waals surface area (Å²) < 4.78 is 5.56. The molecule has 0 atom stereocenters. The lowest BCUT2D eigenvalue weighted by Crippen LogP contribution is -2.24. The maximum absolute atomic E-state index is 5.94. The lowest BCUT2D eigenvalue weighted by atomic mass is 10.5. The molecule has 0 unspecified atom stereocenters. The second-order valence-electron chi connectivity index (χ2n) is 4.11. The van der Waals surface area contributed by atoms with Crippen molar-refractivity contribution in [3.63, 3.8) is 0 Å². The molecular formula is C11H16ClN3O. The van der Waals surface area contributed by atoms with E-state index in [1.165, 1.54) is 12.8 Å². The third-order valence-electron chi connectivity index (χ3n) is 2.62. The third-order valence-corrected chi connectivity index (χ3v) is 2.89. The number of likely N-dealkylation sites (N-methyl/N-ethyl adjacent to an activating group) is 1. The fraction of sp³-hybridized carbons (Fsp3) is 0.636. The van der Waals surface area contributed by atoms with E-state index in [0.29, 0.717) is 17.6 Å². The molecule has 0 aromatic carbocycles. The Bertz CT molecular complexity index is 344. The molecule has 0 spiro atoms. The summed E-state index contributed by atoms with van der Waals surface area (Å²) in [4.78, 5) is 10.1. The molecular weight excluding hydrogens is 226 g/mol. The van der Waals surface area contributed by atoms with Gasteiger partial charge in [-0.25, -0.2) is 9.97 Å². The maximum Gasteiger partial charge on any atom is 0.171 e.